The minimum absolute atomic E-state index is 0.134. The normalized spacial score (nSPS) is 11.1. The Balaban J connectivity index is 2.50. The quantitative estimate of drug-likeness (QED) is 0.603. The summed E-state index contributed by atoms with van der Waals surface area (Å²) < 4.78 is 26.2. The van der Waals surface area contributed by atoms with Gasteiger partial charge in [-0.2, -0.15) is 0 Å². The Morgan fingerprint density at radius 3 is 2.32 bits per heavy atom. The summed E-state index contributed by atoms with van der Waals surface area (Å²) in [6.07, 6.45) is 0. The molecule has 0 atom stereocenters. The first-order chi connectivity index (χ1) is 8.83. The van der Waals surface area contributed by atoms with Crippen molar-refractivity contribution in [2.75, 3.05) is 13.1 Å². The standard InChI is InChI=1S/C13H18N2O3S/c1-10(2)13(16)14-8-9-15-19(17,18)12-6-4-11(3)5-7-12/h4-7,15H,1,8-9H2,2-3H3,(H,14,16). The molecule has 19 heavy (non-hydrogen) atoms. The number of benzene rings is 1. The third kappa shape index (κ3) is 4.84. The molecule has 0 aromatic heterocycles. The molecule has 1 aromatic rings. The van der Waals surface area contributed by atoms with Crippen molar-refractivity contribution in [3.63, 3.8) is 0 Å². The summed E-state index contributed by atoms with van der Waals surface area (Å²) in [5, 5.41) is 2.55. The first-order valence-electron chi connectivity index (χ1n) is 5.83. The second-order valence-electron chi connectivity index (χ2n) is 4.25. The highest BCUT2D eigenvalue weighted by Crippen LogP contribution is 2.09. The Morgan fingerprint density at radius 1 is 1.21 bits per heavy atom. The lowest BCUT2D eigenvalue weighted by Crippen LogP contribution is -2.34. The lowest BCUT2D eigenvalue weighted by atomic mass is 10.2. The molecule has 0 aliphatic heterocycles. The molecule has 0 fully saturated rings. The molecule has 0 aliphatic rings. The number of carbonyl (C=O) groups is 1. The van der Waals surface area contributed by atoms with Crippen LogP contribution in [0.2, 0.25) is 0 Å². The van der Waals surface area contributed by atoms with Crippen LogP contribution in [0.4, 0.5) is 0 Å². The Labute approximate surface area is 113 Å². The van der Waals surface area contributed by atoms with Gasteiger partial charge in [-0.15, -0.1) is 0 Å². The summed E-state index contributed by atoms with van der Waals surface area (Å²) in [4.78, 5) is 11.4. The average Bonchev–Trinajstić information content (AvgIpc) is 2.34. The van der Waals surface area contributed by atoms with Gasteiger partial charge in [0.05, 0.1) is 4.90 Å². The summed E-state index contributed by atoms with van der Waals surface area (Å²) in [6, 6.07) is 6.56. The molecule has 104 valence electrons. The molecule has 0 radical (unpaired) electrons. The van der Waals surface area contributed by atoms with Gasteiger partial charge in [0.25, 0.3) is 0 Å². The molecule has 0 saturated heterocycles. The van der Waals surface area contributed by atoms with Crippen LogP contribution in [0.15, 0.2) is 41.3 Å². The SMILES string of the molecule is C=C(C)C(=O)NCCNS(=O)(=O)c1ccc(C)cc1. The van der Waals surface area contributed by atoms with Gasteiger partial charge in [0.1, 0.15) is 0 Å². The third-order valence-electron chi connectivity index (χ3n) is 2.42. The van der Waals surface area contributed by atoms with Crippen molar-refractivity contribution in [1.82, 2.24) is 10.0 Å². The molecule has 0 spiro atoms. The number of aryl methyl sites for hydroxylation is 1. The molecule has 1 aromatic carbocycles. The maximum Gasteiger partial charge on any atom is 0.246 e. The fraction of sp³-hybridized carbons (Fsp3) is 0.308. The topological polar surface area (TPSA) is 75.3 Å². The first kappa shape index (κ1) is 15.4. The Kier molecular flexibility index (Phi) is 5.26. The van der Waals surface area contributed by atoms with Crippen molar-refractivity contribution in [3.05, 3.63) is 42.0 Å². The van der Waals surface area contributed by atoms with Crippen molar-refractivity contribution in [3.8, 4) is 0 Å². The van der Waals surface area contributed by atoms with Gasteiger partial charge in [0.2, 0.25) is 15.9 Å². The number of hydrogen-bond donors (Lipinski definition) is 2. The minimum Gasteiger partial charge on any atom is -0.351 e. The first-order valence-corrected chi connectivity index (χ1v) is 7.31. The van der Waals surface area contributed by atoms with Crippen LogP contribution >= 0.6 is 0 Å². The van der Waals surface area contributed by atoms with Crippen molar-refractivity contribution >= 4 is 15.9 Å². The van der Waals surface area contributed by atoms with Gasteiger partial charge in [-0.3, -0.25) is 4.79 Å². The number of hydrogen-bond acceptors (Lipinski definition) is 3. The largest absolute Gasteiger partial charge is 0.351 e. The molecule has 0 aliphatic carbocycles. The average molecular weight is 282 g/mol. The van der Waals surface area contributed by atoms with Gasteiger partial charge >= 0.3 is 0 Å². The molecule has 1 rings (SSSR count). The zero-order chi connectivity index (χ0) is 14.5. The lowest BCUT2D eigenvalue weighted by Gasteiger charge is -2.08. The molecule has 0 heterocycles. The van der Waals surface area contributed by atoms with E-state index in [-0.39, 0.29) is 23.9 Å². The maximum atomic E-state index is 11.9. The van der Waals surface area contributed by atoms with Crippen LogP contribution in [-0.2, 0) is 14.8 Å². The van der Waals surface area contributed by atoms with Gasteiger partial charge in [0, 0.05) is 18.7 Å². The van der Waals surface area contributed by atoms with E-state index in [4.69, 9.17) is 0 Å². The molecule has 0 unspecified atom stereocenters. The fourth-order valence-corrected chi connectivity index (χ4v) is 2.34. The van der Waals surface area contributed by atoms with Gasteiger partial charge < -0.3 is 5.32 Å². The monoisotopic (exact) mass is 282 g/mol. The molecule has 5 nitrogen and oxygen atoms in total. The molecule has 0 bridgehead atoms. The van der Waals surface area contributed by atoms with Crippen LogP contribution < -0.4 is 10.0 Å². The highest BCUT2D eigenvalue weighted by molar-refractivity contribution is 7.89. The van der Waals surface area contributed by atoms with E-state index in [9.17, 15) is 13.2 Å². The summed E-state index contributed by atoms with van der Waals surface area (Å²) in [5.41, 5.74) is 1.38. The highest BCUT2D eigenvalue weighted by atomic mass is 32.2. The summed E-state index contributed by atoms with van der Waals surface area (Å²) in [5.74, 6) is -0.283. The summed E-state index contributed by atoms with van der Waals surface area (Å²) in [6.45, 7) is 7.32. The van der Waals surface area contributed by atoms with Gasteiger partial charge in [-0.1, -0.05) is 24.3 Å². The Bertz CT molecular complexity index is 562. The number of sulfonamides is 1. The van der Waals surface area contributed by atoms with E-state index in [0.29, 0.717) is 5.57 Å². The lowest BCUT2D eigenvalue weighted by molar-refractivity contribution is -0.117. The predicted molar refractivity (Wildman–Crippen MR) is 74.2 cm³/mol. The second-order valence-corrected chi connectivity index (χ2v) is 6.01. The van der Waals surface area contributed by atoms with E-state index >= 15 is 0 Å². The van der Waals surface area contributed by atoms with Gasteiger partial charge in [-0.05, 0) is 26.0 Å². The van der Waals surface area contributed by atoms with Crippen LogP contribution in [0.3, 0.4) is 0 Å². The summed E-state index contributed by atoms with van der Waals surface area (Å²) in [7, 11) is -3.52. The number of nitrogens with one attached hydrogen (secondary N) is 2. The number of carbonyl (C=O) groups excluding carboxylic acids is 1. The summed E-state index contributed by atoms with van der Waals surface area (Å²) >= 11 is 0. The van der Waals surface area contributed by atoms with E-state index in [1.807, 2.05) is 6.92 Å². The number of amides is 1. The molecule has 2 N–H and O–H groups in total. The molecule has 6 heteroatoms. The van der Waals surface area contributed by atoms with Crippen LogP contribution in [0, 0.1) is 6.92 Å². The van der Waals surface area contributed by atoms with E-state index in [1.54, 1.807) is 31.2 Å². The van der Waals surface area contributed by atoms with Crippen molar-refractivity contribution in [2.24, 2.45) is 0 Å². The van der Waals surface area contributed by atoms with Gasteiger partial charge in [-0.25, -0.2) is 13.1 Å². The smallest absolute Gasteiger partial charge is 0.246 e. The Morgan fingerprint density at radius 2 is 1.79 bits per heavy atom. The molecular formula is C13H18N2O3S. The fourth-order valence-electron chi connectivity index (χ4n) is 1.31. The number of rotatable bonds is 6. The van der Waals surface area contributed by atoms with Crippen molar-refractivity contribution in [1.29, 1.82) is 0 Å². The van der Waals surface area contributed by atoms with Crippen LogP contribution in [0.25, 0.3) is 0 Å². The second kappa shape index (κ2) is 6.49. The minimum atomic E-state index is -3.52. The van der Waals surface area contributed by atoms with Crippen LogP contribution in [-0.4, -0.2) is 27.4 Å². The van der Waals surface area contributed by atoms with E-state index in [1.165, 1.54) is 0 Å². The van der Waals surface area contributed by atoms with E-state index in [2.05, 4.69) is 16.6 Å². The third-order valence-corrected chi connectivity index (χ3v) is 3.90. The van der Waals surface area contributed by atoms with E-state index in [0.717, 1.165) is 5.56 Å². The van der Waals surface area contributed by atoms with Crippen LogP contribution in [0.1, 0.15) is 12.5 Å². The van der Waals surface area contributed by atoms with E-state index < -0.39 is 10.0 Å². The molecular weight excluding hydrogens is 264 g/mol. The predicted octanol–water partition coefficient (Wildman–Crippen LogP) is 0.966. The van der Waals surface area contributed by atoms with Crippen molar-refractivity contribution in [2.45, 2.75) is 18.7 Å². The zero-order valence-electron chi connectivity index (χ0n) is 11.1. The Hall–Kier alpha value is -1.66. The zero-order valence-corrected chi connectivity index (χ0v) is 11.9. The molecule has 0 saturated carbocycles. The maximum absolute atomic E-state index is 11.9. The molecule has 1 amide bonds. The van der Waals surface area contributed by atoms with Crippen LogP contribution in [0.5, 0.6) is 0 Å². The van der Waals surface area contributed by atoms with Gasteiger partial charge in [0.15, 0.2) is 0 Å². The van der Waals surface area contributed by atoms with Crippen molar-refractivity contribution < 1.29 is 13.2 Å². The highest BCUT2D eigenvalue weighted by Gasteiger charge is 2.12.